The van der Waals surface area contributed by atoms with E-state index in [2.05, 4.69) is 10.6 Å². The Balaban J connectivity index is 0.000000225. The van der Waals surface area contributed by atoms with Gasteiger partial charge in [-0.2, -0.15) is 11.8 Å². The van der Waals surface area contributed by atoms with Crippen LogP contribution in [0.4, 0.5) is 4.79 Å². The molecule has 0 radical (unpaired) electrons. The smallest absolute Gasteiger partial charge is 0.286 e. The lowest BCUT2D eigenvalue weighted by molar-refractivity contribution is -0.125. The Bertz CT molecular complexity index is 1720. The highest BCUT2D eigenvalue weighted by atomic mass is 35.5. The largest absolute Gasteiger partial charge is 0.496 e. The molecule has 0 bridgehead atoms. The zero-order valence-corrected chi connectivity index (χ0v) is 30.2. The third-order valence-corrected chi connectivity index (χ3v) is 9.78. The maximum atomic E-state index is 11.8. The summed E-state index contributed by atoms with van der Waals surface area (Å²) in [5.41, 5.74) is 4.26. The van der Waals surface area contributed by atoms with E-state index < -0.39 is 0 Å². The molecule has 0 spiro atoms. The minimum Gasteiger partial charge on any atom is -0.496 e. The molecule has 9 nitrogen and oxygen atoms in total. The highest BCUT2D eigenvalue weighted by molar-refractivity contribution is 8.15. The molecule has 50 heavy (non-hydrogen) atoms. The second-order valence-corrected chi connectivity index (χ2v) is 13.7. The van der Waals surface area contributed by atoms with Crippen molar-refractivity contribution in [3.05, 3.63) is 124 Å². The van der Waals surface area contributed by atoms with Crippen LogP contribution in [0.3, 0.4) is 0 Å². The van der Waals surface area contributed by atoms with E-state index in [0.29, 0.717) is 32.5 Å². The minimum absolute atomic E-state index is 0.216. The van der Waals surface area contributed by atoms with Gasteiger partial charge in [0.25, 0.3) is 5.24 Å². The van der Waals surface area contributed by atoms with Gasteiger partial charge in [-0.1, -0.05) is 78.0 Å². The van der Waals surface area contributed by atoms with E-state index in [1.165, 1.54) is 11.8 Å². The number of benzene rings is 4. The molecule has 262 valence electrons. The van der Waals surface area contributed by atoms with E-state index in [1.807, 2.05) is 103 Å². The van der Waals surface area contributed by atoms with Gasteiger partial charge in [0.1, 0.15) is 17.2 Å². The summed E-state index contributed by atoms with van der Waals surface area (Å²) in [6, 6.07) is 30.9. The summed E-state index contributed by atoms with van der Waals surface area (Å²) in [4.78, 5) is 44.9. The van der Waals surface area contributed by atoms with E-state index >= 15 is 0 Å². The van der Waals surface area contributed by atoms with Crippen molar-refractivity contribution in [2.45, 2.75) is 36.2 Å². The van der Waals surface area contributed by atoms with Crippen molar-refractivity contribution in [2.75, 3.05) is 26.6 Å². The molecule has 12 heteroatoms. The molecule has 1 heterocycles. The molecule has 0 saturated carbocycles. The van der Waals surface area contributed by atoms with Crippen LogP contribution in [0.1, 0.15) is 22.3 Å². The predicted molar refractivity (Wildman–Crippen MR) is 200 cm³/mol. The van der Waals surface area contributed by atoms with Crippen LogP contribution >= 0.6 is 35.1 Å². The molecule has 2 atom stereocenters. The van der Waals surface area contributed by atoms with Crippen LogP contribution in [0.25, 0.3) is 0 Å². The van der Waals surface area contributed by atoms with Crippen molar-refractivity contribution in [1.82, 2.24) is 10.6 Å². The number of imide groups is 2. The first-order valence-electron chi connectivity index (χ1n) is 15.9. The average Bonchev–Trinajstić information content (AvgIpc) is 3.44. The molecule has 0 aliphatic carbocycles. The summed E-state index contributed by atoms with van der Waals surface area (Å²) in [7, 11) is 1.66. The SMILES string of the molecule is COc1ccccc1CCOc1ccc(CC(SC)C(=O)NC=O)cc1.O=C1NC(=O)C(Cc2ccc(OCCc3cccc(Cl)c3)cc2)S1. The predicted octanol–water partition coefficient (Wildman–Crippen LogP) is 6.72. The van der Waals surface area contributed by atoms with E-state index in [9.17, 15) is 19.2 Å². The quantitative estimate of drug-likeness (QED) is 0.121. The van der Waals surface area contributed by atoms with Gasteiger partial charge in [-0.15, -0.1) is 0 Å². The van der Waals surface area contributed by atoms with Gasteiger partial charge in [-0.05, 0) is 83.8 Å². The molecule has 1 aliphatic rings. The molecule has 4 aromatic rings. The van der Waals surface area contributed by atoms with Crippen molar-refractivity contribution < 1.29 is 33.4 Å². The number of nitrogens with one attached hydrogen (secondary N) is 2. The molecule has 1 saturated heterocycles. The highest BCUT2D eigenvalue weighted by Gasteiger charge is 2.31. The second-order valence-electron chi connectivity index (χ2n) is 11.1. The number of para-hydroxylation sites is 1. The number of rotatable bonds is 16. The van der Waals surface area contributed by atoms with Crippen molar-refractivity contribution >= 4 is 58.6 Å². The highest BCUT2D eigenvalue weighted by Crippen LogP contribution is 2.24. The van der Waals surface area contributed by atoms with E-state index in [-0.39, 0.29) is 27.6 Å². The summed E-state index contributed by atoms with van der Waals surface area (Å²) in [6.07, 6.45) is 4.90. The topological polar surface area (TPSA) is 120 Å². The number of amides is 4. The van der Waals surface area contributed by atoms with Crippen molar-refractivity contribution in [1.29, 1.82) is 0 Å². The average molecular weight is 735 g/mol. The Morgan fingerprint density at radius 2 is 1.56 bits per heavy atom. The molecular weight excluding hydrogens is 696 g/mol. The van der Waals surface area contributed by atoms with Gasteiger partial charge in [-0.3, -0.25) is 29.8 Å². The lowest BCUT2D eigenvalue weighted by Gasteiger charge is -2.13. The summed E-state index contributed by atoms with van der Waals surface area (Å²) >= 11 is 8.42. The normalized spacial score (nSPS) is 14.1. The Labute approximate surface area is 305 Å². The molecule has 0 aromatic heterocycles. The van der Waals surface area contributed by atoms with Gasteiger partial charge >= 0.3 is 0 Å². The van der Waals surface area contributed by atoms with Gasteiger partial charge in [0, 0.05) is 17.9 Å². The molecule has 5 rings (SSSR count). The van der Waals surface area contributed by atoms with Crippen LogP contribution in [0.5, 0.6) is 17.2 Å². The van der Waals surface area contributed by atoms with Crippen LogP contribution in [-0.4, -0.2) is 60.5 Å². The summed E-state index contributed by atoms with van der Waals surface area (Å²) in [5.74, 6) is 1.93. The maximum absolute atomic E-state index is 11.8. The first-order valence-corrected chi connectivity index (χ1v) is 18.4. The Morgan fingerprint density at radius 1 is 0.900 bits per heavy atom. The first-order chi connectivity index (χ1) is 24.3. The van der Waals surface area contributed by atoms with Gasteiger partial charge in [0.05, 0.1) is 30.8 Å². The molecule has 1 fully saturated rings. The van der Waals surface area contributed by atoms with Gasteiger partial charge in [0.2, 0.25) is 18.2 Å². The van der Waals surface area contributed by atoms with Crippen LogP contribution < -0.4 is 24.8 Å². The van der Waals surface area contributed by atoms with Crippen LogP contribution in [0, 0.1) is 0 Å². The van der Waals surface area contributed by atoms with Gasteiger partial charge in [-0.25, -0.2) is 0 Å². The zero-order valence-electron chi connectivity index (χ0n) is 27.8. The number of thioether (sulfide) groups is 2. The third kappa shape index (κ3) is 12.5. The summed E-state index contributed by atoms with van der Waals surface area (Å²) in [6.45, 7) is 1.12. The second kappa shape index (κ2) is 20.3. The standard InChI is InChI=1S/C20H23NO4S.C18H16ClNO3S/c1-24-18-6-4-3-5-16(18)11-12-25-17-9-7-15(8-10-17)13-19(26-2)20(23)21-14-22;19-14-3-1-2-12(10-14)8-9-23-15-6-4-13(5-7-15)11-16-17(21)20-18(22)24-16/h3-10,14,19H,11-13H2,1-2H3,(H,21,22,23);1-7,10,16H,8-9,11H2,(H,20,21,22). The van der Waals surface area contributed by atoms with Gasteiger partial charge in [0.15, 0.2) is 0 Å². The third-order valence-electron chi connectivity index (χ3n) is 7.62. The lowest BCUT2D eigenvalue weighted by Crippen LogP contribution is -2.32. The number of halogens is 1. The number of hydrogen-bond acceptors (Lipinski definition) is 9. The number of carbonyl (C=O) groups is 4. The zero-order chi connectivity index (χ0) is 35.7. The summed E-state index contributed by atoms with van der Waals surface area (Å²) in [5, 5.41) is 4.32. The molecule has 2 N–H and O–H groups in total. The summed E-state index contributed by atoms with van der Waals surface area (Å²) < 4.78 is 16.9. The number of methoxy groups -OCH3 is 1. The van der Waals surface area contributed by atoms with Crippen LogP contribution in [0.15, 0.2) is 97.1 Å². The van der Waals surface area contributed by atoms with E-state index in [1.54, 1.807) is 7.11 Å². The number of ether oxygens (including phenoxy) is 3. The Kier molecular flexibility index (Phi) is 15.6. The molecule has 2 unspecified atom stereocenters. The van der Waals surface area contributed by atoms with Crippen LogP contribution in [0.2, 0.25) is 5.02 Å². The van der Waals surface area contributed by atoms with Crippen molar-refractivity contribution in [2.24, 2.45) is 0 Å². The van der Waals surface area contributed by atoms with Gasteiger partial charge < -0.3 is 14.2 Å². The first kappa shape index (κ1) is 38.4. The van der Waals surface area contributed by atoms with Crippen molar-refractivity contribution in [3.8, 4) is 17.2 Å². The molecule has 4 aromatic carbocycles. The Hall–Kier alpha value is -4.45. The lowest BCUT2D eigenvalue weighted by atomic mass is 10.1. The molecular formula is C38H39ClN2O7S2. The minimum atomic E-state index is -0.341. The maximum Gasteiger partial charge on any atom is 0.286 e. The fraction of sp³-hybridized carbons (Fsp3) is 0.263. The van der Waals surface area contributed by atoms with E-state index in [4.69, 9.17) is 25.8 Å². The van der Waals surface area contributed by atoms with Crippen LogP contribution in [-0.2, 0) is 40.1 Å². The fourth-order valence-electron chi connectivity index (χ4n) is 5.00. The molecule has 1 aliphatic heterocycles. The Morgan fingerprint density at radius 3 is 2.16 bits per heavy atom. The fourth-order valence-corrected chi connectivity index (χ4v) is 6.71. The monoisotopic (exact) mass is 734 g/mol. The number of hydrogen-bond donors (Lipinski definition) is 2. The van der Waals surface area contributed by atoms with Crippen molar-refractivity contribution in [3.63, 3.8) is 0 Å². The number of carbonyl (C=O) groups excluding carboxylic acids is 4. The van der Waals surface area contributed by atoms with E-state index in [0.717, 1.165) is 69.1 Å². The molecule has 4 amide bonds.